The normalized spacial score (nSPS) is 15.0. The summed E-state index contributed by atoms with van der Waals surface area (Å²) in [7, 11) is 2.10. The number of benzene rings is 1. The largest absolute Gasteiger partial charge is 0.372 e. The van der Waals surface area contributed by atoms with Gasteiger partial charge in [-0.3, -0.25) is 9.67 Å². The first-order valence-corrected chi connectivity index (χ1v) is 10.5. The number of piperidine rings is 1. The van der Waals surface area contributed by atoms with Crippen LogP contribution in [0.3, 0.4) is 0 Å². The Bertz CT molecular complexity index is 743. The average Bonchev–Trinajstić information content (AvgIpc) is 3.13. The van der Waals surface area contributed by atoms with E-state index in [-0.39, 0.29) is 0 Å². The van der Waals surface area contributed by atoms with Gasteiger partial charge in [-0.15, -0.1) is 0 Å². The molecule has 1 aliphatic rings. The van der Waals surface area contributed by atoms with Gasteiger partial charge in [0.1, 0.15) is 0 Å². The van der Waals surface area contributed by atoms with E-state index in [9.17, 15) is 0 Å². The van der Waals surface area contributed by atoms with Crippen molar-refractivity contribution in [3.8, 4) is 0 Å². The number of anilines is 1. The van der Waals surface area contributed by atoms with E-state index in [0.717, 1.165) is 25.6 Å². The van der Waals surface area contributed by atoms with Gasteiger partial charge < -0.3 is 15.1 Å². The number of hydrogen-bond donors (Lipinski definition) is 1. The summed E-state index contributed by atoms with van der Waals surface area (Å²) in [5.41, 5.74) is 3.83. The van der Waals surface area contributed by atoms with Gasteiger partial charge in [0.15, 0.2) is 5.96 Å². The number of rotatable bonds is 7. The zero-order valence-corrected chi connectivity index (χ0v) is 17.6. The Balaban J connectivity index is 1.56. The van der Waals surface area contributed by atoms with Crippen molar-refractivity contribution in [3.63, 3.8) is 0 Å². The molecule has 2 heterocycles. The lowest BCUT2D eigenvalue weighted by Gasteiger charge is -2.29. The molecule has 0 aliphatic carbocycles. The van der Waals surface area contributed by atoms with E-state index < -0.39 is 0 Å². The molecule has 2 aromatic rings. The van der Waals surface area contributed by atoms with Gasteiger partial charge >= 0.3 is 0 Å². The predicted octanol–water partition coefficient (Wildman–Crippen LogP) is 3.28. The van der Waals surface area contributed by atoms with Crippen LogP contribution in [0.25, 0.3) is 0 Å². The first-order valence-electron chi connectivity index (χ1n) is 10.5. The van der Waals surface area contributed by atoms with E-state index >= 15 is 0 Å². The highest BCUT2D eigenvalue weighted by atomic mass is 15.3. The summed E-state index contributed by atoms with van der Waals surface area (Å²) >= 11 is 0. The van der Waals surface area contributed by atoms with Gasteiger partial charge in [0.25, 0.3) is 0 Å². The third kappa shape index (κ3) is 5.75. The van der Waals surface area contributed by atoms with Crippen LogP contribution in [0.15, 0.2) is 41.7 Å². The van der Waals surface area contributed by atoms with Crippen LogP contribution in [0.2, 0.25) is 0 Å². The summed E-state index contributed by atoms with van der Waals surface area (Å²) in [5, 5.41) is 7.72. The Kier molecular flexibility index (Phi) is 7.34. The topological polar surface area (TPSA) is 48.7 Å². The second-order valence-corrected chi connectivity index (χ2v) is 7.59. The molecule has 28 heavy (non-hydrogen) atoms. The van der Waals surface area contributed by atoms with Gasteiger partial charge in [-0.25, -0.2) is 0 Å². The monoisotopic (exact) mass is 382 g/mol. The summed E-state index contributed by atoms with van der Waals surface area (Å²) in [6.45, 7) is 9.74. The molecule has 0 saturated carbocycles. The van der Waals surface area contributed by atoms with Crippen LogP contribution < -0.4 is 10.2 Å². The summed E-state index contributed by atoms with van der Waals surface area (Å²) < 4.78 is 1.95. The highest BCUT2D eigenvalue weighted by molar-refractivity contribution is 5.79. The summed E-state index contributed by atoms with van der Waals surface area (Å²) in [5.74, 6) is 0.937. The van der Waals surface area contributed by atoms with Crippen LogP contribution in [0.5, 0.6) is 0 Å². The minimum Gasteiger partial charge on any atom is -0.372 e. The van der Waals surface area contributed by atoms with Crippen molar-refractivity contribution >= 4 is 11.6 Å². The average molecular weight is 383 g/mol. The summed E-state index contributed by atoms with van der Waals surface area (Å²) in [6, 6.07) is 9.02. The maximum atomic E-state index is 4.77. The van der Waals surface area contributed by atoms with Gasteiger partial charge in [0.05, 0.1) is 19.3 Å². The van der Waals surface area contributed by atoms with Crippen LogP contribution in [-0.2, 0) is 13.1 Å². The van der Waals surface area contributed by atoms with Crippen molar-refractivity contribution in [2.24, 2.45) is 4.99 Å². The molecular formula is C22H34N6. The maximum Gasteiger partial charge on any atom is 0.194 e. The number of nitrogens with one attached hydrogen (secondary N) is 1. The third-order valence-corrected chi connectivity index (χ3v) is 5.13. The molecule has 0 amide bonds. The zero-order chi connectivity index (χ0) is 19.8. The minimum absolute atomic E-state index is 0.710. The molecule has 0 unspecified atom stereocenters. The van der Waals surface area contributed by atoms with E-state index in [4.69, 9.17) is 4.99 Å². The second kappa shape index (κ2) is 10.2. The number of aryl methyl sites for hydroxylation is 1. The van der Waals surface area contributed by atoms with Gasteiger partial charge in [-0.1, -0.05) is 12.1 Å². The first kappa shape index (κ1) is 20.2. The quantitative estimate of drug-likeness (QED) is 0.590. The molecule has 152 valence electrons. The molecular weight excluding hydrogens is 348 g/mol. The van der Waals surface area contributed by atoms with Crippen LogP contribution in [0.4, 0.5) is 5.69 Å². The smallest absolute Gasteiger partial charge is 0.194 e. The number of guanidine groups is 1. The zero-order valence-electron chi connectivity index (χ0n) is 17.6. The molecule has 1 aliphatic heterocycles. The van der Waals surface area contributed by atoms with Gasteiger partial charge in [-0.2, -0.15) is 5.10 Å². The molecule has 6 heteroatoms. The molecule has 0 atom stereocenters. The lowest BCUT2D eigenvalue weighted by Crippen LogP contribution is -2.38. The first-order chi connectivity index (χ1) is 13.7. The van der Waals surface area contributed by atoms with Gasteiger partial charge in [-0.05, 0) is 56.4 Å². The Labute approximate surface area is 169 Å². The van der Waals surface area contributed by atoms with E-state index in [1.54, 1.807) is 0 Å². The summed E-state index contributed by atoms with van der Waals surface area (Å²) in [4.78, 5) is 9.46. The lowest BCUT2D eigenvalue weighted by molar-refractivity contribution is 0.474. The molecule has 1 fully saturated rings. The van der Waals surface area contributed by atoms with E-state index in [0.29, 0.717) is 6.54 Å². The molecule has 1 aromatic heterocycles. The number of aliphatic imine (C=N–C) groups is 1. The molecule has 1 N–H and O–H groups in total. The van der Waals surface area contributed by atoms with Crippen molar-refractivity contribution in [1.82, 2.24) is 20.0 Å². The number of hydrogen-bond acceptors (Lipinski definition) is 3. The van der Waals surface area contributed by atoms with Crippen LogP contribution >= 0.6 is 0 Å². The molecule has 1 aromatic carbocycles. The highest BCUT2D eigenvalue weighted by Gasteiger charge is 2.11. The van der Waals surface area contributed by atoms with Crippen molar-refractivity contribution in [2.75, 3.05) is 38.1 Å². The van der Waals surface area contributed by atoms with Crippen molar-refractivity contribution in [3.05, 3.63) is 47.8 Å². The standard InChI is InChI=1S/C22H34N6/c1-4-23-22(24-12-15-28-17-19(2)16-25-28)26(3)18-20-8-10-21(11-9-20)27-13-6-5-7-14-27/h8-11,16-17H,4-7,12-15,18H2,1-3H3,(H,23,24). The molecule has 1 saturated heterocycles. The Morgan fingerprint density at radius 1 is 1.18 bits per heavy atom. The van der Waals surface area contributed by atoms with Crippen molar-refractivity contribution < 1.29 is 0 Å². The van der Waals surface area contributed by atoms with E-state index in [2.05, 4.69) is 71.6 Å². The number of nitrogens with zero attached hydrogens (tertiary/aromatic N) is 5. The predicted molar refractivity (Wildman–Crippen MR) is 117 cm³/mol. The Morgan fingerprint density at radius 3 is 2.57 bits per heavy atom. The fraction of sp³-hybridized carbons (Fsp3) is 0.545. The van der Waals surface area contributed by atoms with Crippen LogP contribution in [0, 0.1) is 6.92 Å². The Morgan fingerprint density at radius 2 is 1.93 bits per heavy atom. The Hall–Kier alpha value is -2.50. The maximum absolute atomic E-state index is 4.77. The van der Waals surface area contributed by atoms with Crippen LogP contribution in [0.1, 0.15) is 37.3 Å². The highest BCUT2D eigenvalue weighted by Crippen LogP contribution is 2.20. The lowest BCUT2D eigenvalue weighted by atomic mass is 10.1. The van der Waals surface area contributed by atoms with Crippen molar-refractivity contribution in [1.29, 1.82) is 0 Å². The van der Waals surface area contributed by atoms with Gasteiger partial charge in [0.2, 0.25) is 0 Å². The molecule has 0 spiro atoms. The molecule has 0 radical (unpaired) electrons. The minimum atomic E-state index is 0.710. The molecule has 0 bridgehead atoms. The van der Waals surface area contributed by atoms with E-state index in [1.807, 2.05) is 10.9 Å². The number of aromatic nitrogens is 2. The molecule has 3 rings (SSSR count). The van der Waals surface area contributed by atoms with Gasteiger partial charge in [0, 0.05) is 45.1 Å². The fourth-order valence-corrected chi connectivity index (χ4v) is 3.63. The van der Waals surface area contributed by atoms with Crippen LogP contribution in [-0.4, -0.2) is 53.9 Å². The fourth-order valence-electron chi connectivity index (χ4n) is 3.63. The summed E-state index contributed by atoms with van der Waals surface area (Å²) in [6.07, 6.45) is 7.92. The third-order valence-electron chi connectivity index (χ3n) is 5.13. The molecule has 6 nitrogen and oxygen atoms in total. The van der Waals surface area contributed by atoms with E-state index in [1.165, 1.54) is 49.2 Å². The second-order valence-electron chi connectivity index (χ2n) is 7.59. The SMILES string of the molecule is CCNC(=NCCn1cc(C)cn1)N(C)Cc1ccc(N2CCCCC2)cc1. The van der Waals surface area contributed by atoms with Crippen molar-refractivity contribution in [2.45, 2.75) is 46.2 Å².